The van der Waals surface area contributed by atoms with E-state index in [2.05, 4.69) is 25.3 Å². The average molecular weight is 417 g/mol. The molecule has 1 atom stereocenters. The van der Waals surface area contributed by atoms with Gasteiger partial charge in [0.05, 0.1) is 25.7 Å². The number of hydrogen-bond acceptors (Lipinski definition) is 7. The molecule has 0 saturated carbocycles. The van der Waals surface area contributed by atoms with Crippen LogP contribution in [0.2, 0.25) is 0 Å². The van der Waals surface area contributed by atoms with E-state index in [4.69, 9.17) is 9.26 Å². The minimum atomic E-state index is -0.301. The fourth-order valence-corrected chi connectivity index (χ4v) is 3.95. The predicted octanol–water partition coefficient (Wildman–Crippen LogP) is 1.54. The Bertz CT molecular complexity index is 822. The Balaban J connectivity index is 1.24. The number of aromatic nitrogens is 2. The van der Waals surface area contributed by atoms with Crippen LogP contribution in [-0.2, 0) is 16.1 Å². The summed E-state index contributed by atoms with van der Waals surface area (Å²) in [5.74, 6) is 0.737. The summed E-state index contributed by atoms with van der Waals surface area (Å²) >= 11 is 0. The molecule has 1 unspecified atom stereocenters. The quantitative estimate of drug-likeness (QED) is 0.732. The van der Waals surface area contributed by atoms with Crippen molar-refractivity contribution in [3.8, 4) is 11.4 Å². The number of ether oxygens (including phenoxy) is 1. The number of benzene rings is 1. The molecule has 4 rings (SSSR count). The number of carbonyl (C=O) groups is 1. The summed E-state index contributed by atoms with van der Waals surface area (Å²) in [7, 11) is 0. The summed E-state index contributed by atoms with van der Waals surface area (Å²) in [6.45, 7) is 7.00. The number of likely N-dealkylation sites (tertiary alicyclic amines) is 1. The van der Waals surface area contributed by atoms with E-state index < -0.39 is 0 Å². The highest BCUT2D eigenvalue weighted by Crippen LogP contribution is 2.20. The van der Waals surface area contributed by atoms with Crippen LogP contribution in [0.25, 0.3) is 11.4 Å². The monoisotopic (exact) mass is 417 g/mol. The lowest BCUT2D eigenvalue weighted by Crippen LogP contribution is -2.45. The lowest BCUT2D eigenvalue weighted by atomic mass is 9.97. The van der Waals surface area contributed by atoms with Gasteiger partial charge in [-0.1, -0.05) is 5.16 Å². The molecule has 9 heteroatoms. The molecule has 162 valence electrons. The van der Waals surface area contributed by atoms with Gasteiger partial charge in [-0.25, -0.2) is 4.39 Å². The molecule has 3 heterocycles. The SMILES string of the molecule is O=C(NCCN1CCOCC1)C1CCCN(Cc2nc(-c3ccc(F)cc3)no2)C1. The van der Waals surface area contributed by atoms with Crippen LogP contribution in [0.4, 0.5) is 4.39 Å². The number of carbonyl (C=O) groups excluding carboxylic acids is 1. The van der Waals surface area contributed by atoms with Crippen molar-refractivity contribution in [3.05, 3.63) is 36.0 Å². The van der Waals surface area contributed by atoms with Gasteiger partial charge in [0.15, 0.2) is 0 Å². The normalized spacial score (nSPS) is 20.9. The van der Waals surface area contributed by atoms with Crippen LogP contribution >= 0.6 is 0 Å². The zero-order valence-corrected chi connectivity index (χ0v) is 17.1. The van der Waals surface area contributed by atoms with Crippen molar-refractivity contribution in [1.82, 2.24) is 25.3 Å². The van der Waals surface area contributed by atoms with Crippen LogP contribution < -0.4 is 5.32 Å². The van der Waals surface area contributed by atoms with Crippen molar-refractivity contribution in [2.24, 2.45) is 5.92 Å². The summed E-state index contributed by atoms with van der Waals surface area (Å²) in [6.07, 6.45) is 1.85. The van der Waals surface area contributed by atoms with Crippen LogP contribution in [0.3, 0.4) is 0 Å². The van der Waals surface area contributed by atoms with Crippen LogP contribution in [0.15, 0.2) is 28.8 Å². The molecule has 1 aromatic carbocycles. The molecule has 0 spiro atoms. The second-order valence-electron chi connectivity index (χ2n) is 7.84. The zero-order chi connectivity index (χ0) is 20.8. The number of morpholine rings is 1. The maximum atomic E-state index is 13.1. The number of rotatable bonds is 7. The Morgan fingerprint density at radius 3 is 2.77 bits per heavy atom. The van der Waals surface area contributed by atoms with E-state index in [1.165, 1.54) is 12.1 Å². The lowest BCUT2D eigenvalue weighted by molar-refractivity contribution is -0.126. The van der Waals surface area contributed by atoms with Crippen molar-refractivity contribution in [2.45, 2.75) is 19.4 Å². The van der Waals surface area contributed by atoms with Crippen LogP contribution in [0, 0.1) is 11.7 Å². The van der Waals surface area contributed by atoms with Gasteiger partial charge in [-0.05, 0) is 43.7 Å². The molecule has 2 aliphatic rings. The smallest absolute Gasteiger partial charge is 0.241 e. The maximum absolute atomic E-state index is 13.1. The number of nitrogens with zero attached hydrogens (tertiary/aromatic N) is 4. The van der Waals surface area contributed by atoms with Crippen LogP contribution in [-0.4, -0.2) is 78.3 Å². The first-order chi connectivity index (χ1) is 14.7. The summed E-state index contributed by atoms with van der Waals surface area (Å²) in [6, 6.07) is 6.00. The average Bonchev–Trinajstić information content (AvgIpc) is 3.23. The van der Waals surface area contributed by atoms with Gasteiger partial charge in [-0.2, -0.15) is 4.98 Å². The van der Waals surface area contributed by atoms with Gasteiger partial charge in [0, 0.05) is 38.3 Å². The molecule has 8 nitrogen and oxygen atoms in total. The third-order valence-corrected chi connectivity index (χ3v) is 5.64. The minimum absolute atomic E-state index is 0.0251. The van der Waals surface area contributed by atoms with E-state index in [0.717, 1.165) is 52.2 Å². The van der Waals surface area contributed by atoms with Crippen molar-refractivity contribution in [1.29, 1.82) is 0 Å². The highest BCUT2D eigenvalue weighted by molar-refractivity contribution is 5.78. The Labute approximate surface area is 175 Å². The van der Waals surface area contributed by atoms with Gasteiger partial charge in [0.25, 0.3) is 0 Å². The largest absolute Gasteiger partial charge is 0.379 e. The van der Waals surface area contributed by atoms with Crippen molar-refractivity contribution in [2.75, 3.05) is 52.5 Å². The molecule has 0 radical (unpaired) electrons. The Morgan fingerprint density at radius 1 is 1.17 bits per heavy atom. The van der Waals surface area contributed by atoms with E-state index >= 15 is 0 Å². The first kappa shape index (κ1) is 20.9. The van der Waals surface area contributed by atoms with Gasteiger partial charge >= 0.3 is 0 Å². The third-order valence-electron chi connectivity index (χ3n) is 5.64. The van der Waals surface area contributed by atoms with E-state index in [1.807, 2.05) is 0 Å². The first-order valence-corrected chi connectivity index (χ1v) is 10.6. The molecule has 2 fully saturated rings. The summed E-state index contributed by atoms with van der Waals surface area (Å²) < 4.78 is 23.8. The van der Waals surface area contributed by atoms with Crippen molar-refractivity contribution >= 4 is 5.91 Å². The van der Waals surface area contributed by atoms with Crippen molar-refractivity contribution < 1.29 is 18.4 Å². The molecular weight excluding hydrogens is 389 g/mol. The first-order valence-electron chi connectivity index (χ1n) is 10.6. The topological polar surface area (TPSA) is 83.7 Å². The fraction of sp³-hybridized carbons (Fsp3) is 0.571. The Hall–Kier alpha value is -2.36. The van der Waals surface area contributed by atoms with E-state index in [-0.39, 0.29) is 17.6 Å². The minimum Gasteiger partial charge on any atom is -0.379 e. The maximum Gasteiger partial charge on any atom is 0.241 e. The molecule has 2 aliphatic heterocycles. The van der Waals surface area contributed by atoms with E-state index in [1.54, 1.807) is 12.1 Å². The molecule has 1 N–H and O–H groups in total. The summed E-state index contributed by atoms with van der Waals surface area (Å²) in [5, 5.41) is 7.08. The molecule has 30 heavy (non-hydrogen) atoms. The van der Waals surface area contributed by atoms with E-state index in [9.17, 15) is 9.18 Å². The highest BCUT2D eigenvalue weighted by Gasteiger charge is 2.27. The standard InChI is InChI=1S/C21H28FN5O3/c22-18-5-3-16(4-6-18)20-24-19(30-25-20)15-27-8-1-2-17(14-27)21(28)23-7-9-26-10-12-29-13-11-26/h3-6,17H,1-2,7-15H2,(H,23,28). The number of halogens is 1. The van der Waals surface area contributed by atoms with Crippen LogP contribution in [0.1, 0.15) is 18.7 Å². The van der Waals surface area contributed by atoms with E-state index in [0.29, 0.717) is 36.9 Å². The summed E-state index contributed by atoms with van der Waals surface area (Å²) in [5.41, 5.74) is 0.711. The number of piperidine rings is 1. The molecule has 2 aromatic rings. The third kappa shape index (κ3) is 5.62. The second kappa shape index (κ2) is 10.1. The van der Waals surface area contributed by atoms with Gasteiger partial charge < -0.3 is 14.6 Å². The molecule has 0 bridgehead atoms. The lowest BCUT2D eigenvalue weighted by Gasteiger charge is -2.31. The van der Waals surface area contributed by atoms with Crippen LogP contribution in [0.5, 0.6) is 0 Å². The second-order valence-corrected chi connectivity index (χ2v) is 7.84. The van der Waals surface area contributed by atoms with Gasteiger partial charge in [-0.15, -0.1) is 0 Å². The molecular formula is C21H28FN5O3. The predicted molar refractivity (Wildman–Crippen MR) is 108 cm³/mol. The highest BCUT2D eigenvalue weighted by atomic mass is 19.1. The molecule has 1 aromatic heterocycles. The van der Waals surface area contributed by atoms with Crippen molar-refractivity contribution in [3.63, 3.8) is 0 Å². The zero-order valence-electron chi connectivity index (χ0n) is 17.1. The Morgan fingerprint density at radius 2 is 1.97 bits per heavy atom. The number of amides is 1. The molecule has 2 saturated heterocycles. The van der Waals surface area contributed by atoms with Gasteiger partial charge in [0.1, 0.15) is 5.82 Å². The Kier molecular flexibility index (Phi) is 7.03. The number of hydrogen-bond donors (Lipinski definition) is 1. The van der Waals surface area contributed by atoms with Gasteiger partial charge in [-0.3, -0.25) is 14.6 Å². The fourth-order valence-electron chi connectivity index (χ4n) is 3.95. The number of nitrogens with one attached hydrogen (secondary N) is 1. The molecule has 0 aliphatic carbocycles. The summed E-state index contributed by atoms with van der Waals surface area (Å²) in [4.78, 5) is 21.5. The molecule has 1 amide bonds. The van der Waals surface area contributed by atoms with Gasteiger partial charge in [0.2, 0.25) is 17.6 Å².